The molecule has 29 heavy (non-hydrogen) atoms. The number of hydrogen-bond acceptors (Lipinski definition) is 6. The van der Waals surface area contributed by atoms with Crippen LogP contribution < -0.4 is 5.32 Å². The molecular formula is C21H24ClN3O3S. The number of nitrogens with one attached hydrogen (secondary N) is 1. The van der Waals surface area contributed by atoms with Crippen molar-refractivity contribution in [2.75, 3.05) is 7.11 Å². The number of allylic oxidation sites excluding steroid dienone is 1. The highest BCUT2D eigenvalue weighted by Gasteiger charge is 2.41. The summed E-state index contributed by atoms with van der Waals surface area (Å²) >= 11 is 7.70. The van der Waals surface area contributed by atoms with Crippen molar-refractivity contribution in [2.45, 2.75) is 45.7 Å². The van der Waals surface area contributed by atoms with Crippen LogP contribution in [0.4, 0.5) is 0 Å². The second kappa shape index (κ2) is 9.05. The average molecular weight is 434 g/mol. The van der Waals surface area contributed by atoms with E-state index in [0.29, 0.717) is 22.7 Å². The van der Waals surface area contributed by atoms with E-state index >= 15 is 0 Å². The van der Waals surface area contributed by atoms with Gasteiger partial charge in [0.05, 0.1) is 30.8 Å². The largest absolute Gasteiger partial charge is 0.466 e. The summed E-state index contributed by atoms with van der Waals surface area (Å²) in [5, 5.41) is 6.15. The van der Waals surface area contributed by atoms with Crippen molar-refractivity contribution in [2.24, 2.45) is 4.99 Å². The number of carbonyl (C=O) groups excluding carboxylic acids is 2. The van der Waals surface area contributed by atoms with Crippen LogP contribution in [0, 0.1) is 0 Å². The first-order chi connectivity index (χ1) is 13.8. The molecular weight excluding hydrogens is 410 g/mol. The number of hydrogen-bond donors (Lipinski definition) is 1. The number of thioether (sulfide) groups is 1. The van der Waals surface area contributed by atoms with Crippen molar-refractivity contribution in [3.63, 3.8) is 0 Å². The zero-order chi connectivity index (χ0) is 21.1. The van der Waals surface area contributed by atoms with Gasteiger partial charge in [-0.2, -0.15) is 0 Å². The van der Waals surface area contributed by atoms with E-state index in [0.717, 1.165) is 16.4 Å². The molecule has 6 nitrogen and oxygen atoms in total. The van der Waals surface area contributed by atoms with Crippen LogP contribution in [-0.4, -0.2) is 35.1 Å². The first-order valence-electron chi connectivity index (χ1n) is 9.45. The highest BCUT2D eigenvalue weighted by molar-refractivity contribution is 8.16. The van der Waals surface area contributed by atoms with Gasteiger partial charge in [-0.3, -0.25) is 4.79 Å². The topological polar surface area (TPSA) is 71.0 Å². The van der Waals surface area contributed by atoms with Gasteiger partial charge < -0.3 is 15.0 Å². The van der Waals surface area contributed by atoms with E-state index in [1.807, 2.05) is 49.3 Å². The fourth-order valence-corrected chi connectivity index (χ4v) is 4.58. The lowest BCUT2D eigenvalue weighted by atomic mass is 9.93. The summed E-state index contributed by atoms with van der Waals surface area (Å²) in [5.41, 5.74) is 2.78. The standard InChI is InChI=1S/C21H24ClN3O3S/c1-5-16-18(20(27)28-4)19(13-7-6-8-14(22)9-13)25-15(11-29-21(25)24-16)10-17(26)23-12(2)3/h6-9,11-12,19H,5,10H2,1-4H3,(H,23,26). The first kappa shape index (κ1) is 21.5. The molecule has 154 valence electrons. The van der Waals surface area contributed by atoms with E-state index in [1.54, 1.807) is 6.07 Å². The van der Waals surface area contributed by atoms with Crippen molar-refractivity contribution in [3.8, 4) is 0 Å². The quantitative estimate of drug-likeness (QED) is 0.673. The molecule has 1 aromatic rings. The van der Waals surface area contributed by atoms with Crippen LogP contribution in [0.2, 0.25) is 5.02 Å². The third-order valence-electron chi connectivity index (χ3n) is 4.58. The van der Waals surface area contributed by atoms with Gasteiger partial charge in [-0.1, -0.05) is 42.4 Å². The number of aliphatic imine (C=N–C) groups is 1. The molecule has 0 spiro atoms. The highest BCUT2D eigenvalue weighted by atomic mass is 35.5. The van der Waals surface area contributed by atoms with Crippen molar-refractivity contribution in [1.29, 1.82) is 0 Å². The number of rotatable bonds is 6. The van der Waals surface area contributed by atoms with Gasteiger partial charge in [0.2, 0.25) is 5.91 Å². The number of fused-ring (bicyclic) bond motifs is 1. The molecule has 0 fully saturated rings. The van der Waals surface area contributed by atoms with Gasteiger partial charge in [0, 0.05) is 16.8 Å². The summed E-state index contributed by atoms with van der Waals surface area (Å²) in [4.78, 5) is 31.8. The molecule has 0 saturated carbocycles. The van der Waals surface area contributed by atoms with Crippen LogP contribution >= 0.6 is 23.4 Å². The van der Waals surface area contributed by atoms with Gasteiger partial charge in [0.1, 0.15) is 0 Å². The number of amides is 1. The number of esters is 1. The molecule has 2 aliphatic heterocycles. The Bertz CT molecular complexity index is 924. The Labute approximate surface area is 180 Å². The van der Waals surface area contributed by atoms with Crippen LogP contribution in [0.25, 0.3) is 0 Å². The van der Waals surface area contributed by atoms with E-state index in [2.05, 4.69) is 5.32 Å². The Hall–Kier alpha value is -2.25. The third kappa shape index (κ3) is 4.51. The van der Waals surface area contributed by atoms with Crippen LogP contribution in [0.5, 0.6) is 0 Å². The lowest BCUT2D eigenvalue weighted by molar-refractivity contribution is -0.136. The molecule has 1 atom stereocenters. The van der Waals surface area contributed by atoms with Crippen molar-refractivity contribution in [3.05, 3.63) is 57.2 Å². The third-order valence-corrected chi connectivity index (χ3v) is 5.71. The minimum Gasteiger partial charge on any atom is -0.466 e. The molecule has 1 unspecified atom stereocenters. The minimum absolute atomic E-state index is 0.0487. The number of ether oxygens (including phenoxy) is 1. The van der Waals surface area contributed by atoms with Gasteiger partial charge >= 0.3 is 5.97 Å². The first-order valence-corrected chi connectivity index (χ1v) is 10.7. The zero-order valence-electron chi connectivity index (χ0n) is 16.9. The number of carbonyl (C=O) groups is 2. The summed E-state index contributed by atoms with van der Waals surface area (Å²) in [6, 6.07) is 6.98. The van der Waals surface area contributed by atoms with Crippen molar-refractivity contribution >= 4 is 40.4 Å². The Morgan fingerprint density at radius 2 is 2.14 bits per heavy atom. The van der Waals surface area contributed by atoms with Gasteiger partial charge in [0.15, 0.2) is 5.17 Å². The van der Waals surface area contributed by atoms with Crippen LogP contribution in [0.1, 0.15) is 45.2 Å². The SMILES string of the molecule is CCC1=C(C(=O)OC)C(c2cccc(Cl)c2)N2C(CC(=O)NC(C)C)=CSC2=N1. The Morgan fingerprint density at radius 3 is 2.76 bits per heavy atom. The lowest BCUT2D eigenvalue weighted by Gasteiger charge is -2.36. The van der Waals surface area contributed by atoms with Crippen molar-refractivity contribution in [1.82, 2.24) is 10.2 Å². The van der Waals surface area contributed by atoms with Crippen LogP contribution in [0.15, 0.2) is 51.6 Å². The molecule has 1 N–H and O–H groups in total. The van der Waals surface area contributed by atoms with Crippen LogP contribution in [0.3, 0.4) is 0 Å². The molecule has 2 heterocycles. The molecule has 2 aliphatic rings. The van der Waals surface area contributed by atoms with Gasteiger partial charge in [0.25, 0.3) is 0 Å². The molecule has 8 heteroatoms. The number of nitrogens with zero attached hydrogens (tertiary/aromatic N) is 2. The second-order valence-corrected chi connectivity index (χ2v) is 8.33. The van der Waals surface area contributed by atoms with Gasteiger partial charge in [-0.25, -0.2) is 9.79 Å². The molecule has 1 aromatic carbocycles. The van der Waals surface area contributed by atoms with E-state index in [4.69, 9.17) is 21.3 Å². The fourth-order valence-electron chi connectivity index (χ4n) is 3.44. The monoisotopic (exact) mass is 433 g/mol. The maximum atomic E-state index is 12.8. The maximum absolute atomic E-state index is 12.8. The number of halogens is 1. The predicted molar refractivity (Wildman–Crippen MR) is 116 cm³/mol. The summed E-state index contributed by atoms with van der Waals surface area (Å²) in [7, 11) is 1.36. The van der Waals surface area contributed by atoms with Gasteiger partial charge in [-0.15, -0.1) is 0 Å². The Kier molecular flexibility index (Phi) is 6.70. The summed E-state index contributed by atoms with van der Waals surface area (Å²) in [6.45, 7) is 5.80. The zero-order valence-corrected chi connectivity index (χ0v) is 18.4. The number of benzene rings is 1. The molecule has 3 rings (SSSR count). The second-order valence-electron chi connectivity index (χ2n) is 7.05. The van der Waals surface area contributed by atoms with Crippen molar-refractivity contribution < 1.29 is 14.3 Å². The smallest absolute Gasteiger partial charge is 0.338 e. The molecule has 0 radical (unpaired) electrons. The lowest BCUT2D eigenvalue weighted by Crippen LogP contribution is -2.38. The number of amidine groups is 1. The van der Waals surface area contributed by atoms with Crippen LogP contribution in [-0.2, 0) is 14.3 Å². The van der Waals surface area contributed by atoms with E-state index in [9.17, 15) is 9.59 Å². The summed E-state index contributed by atoms with van der Waals surface area (Å²) in [6.07, 6.45) is 0.778. The maximum Gasteiger partial charge on any atom is 0.338 e. The minimum atomic E-state index is -0.461. The fraction of sp³-hybridized carbons (Fsp3) is 0.381. The normalized spacial score (nSPS) is 18.4. The highest BCUT2D eigenvalue weighted by Crippen LogP contribution is 2.45. The Morgan fingerprint density at radius 1 is 1.38 bits per heavy atom. The van der Waals surface area contributed by atoms with E-state index in [1.165, 1.54) is 18.9 Å². The number of methoxy groups -OCH3 is 1. The molecule has 0 bridgehead atoms. The van der Waals surface area contributed by atoms with E-state index < -0.39 is 12.0 Å². The average Bonchev–Trinajstić information content (AvgIpc) is 3.07. The summed E-state index contributed by atoms with van der Waals surface area (Å²) < 4.78 is 5.09. The van der Waals surface area contributed by atoms with E-state index in [-0.39, 0.29) is 18.4 Å². The molecule has 1 amide bonds. The molecule has 0 aromatic heterocycles. The van der Waals surface area contributed by atoms with Gasteiger partial charge in [-0.05, 0) is 43.4 Å². The molecule has 0 aliphatic carbocycles. The molecule has 0 saturated heterocycles. The predicted octanol–water partition coefficient (Wildman–Crippen LogP) is 4.39. The summed E-state index contributed by atoms with van der Waals surface area (Å²) in [5.74, 6) is -0.514. The Balaban J connectivity index is 2.08.